The quantitative estimate of drug-likeness (QED) is 0.824. The van der Waals surface area contributed by atoms with Gasteiger partial charge in [-0.2, -0.15) is 22.7 Å². The zero-order valence-electron chi connectivity index (χ0n) is 10.2. The molecule has 1 amide bonds. The number of hydrogen-bond acceptors (Lipinski definition) is 5. The largest absolute Gasteiger partial charge is 0.394 e. The van der Waals surface area contributed by atoms with Gasteiger partial charge in [0, 0.05) is 17.5 Å². The van der Waals surface area contributed by atoms with E-state index in [0.717, 1.165) is 5.56 Å². The first kappa shape index (κ1) is 14.2. The molecule has 1 unspecified atom stereocenters. The molecule has 4 nitrogen and oxygen atoms in total. The third kappa shape index (κ3) is 4.14. The first-order chi connectivity index (χ1) is 9.31. The summed E-state index contributed by atoms with van der Waals surface area (Å²) in [5, 5.41) is 19.3. The van der Waals surface area contributed by atoms with Gasteiger partial charge in [0.05, 0.1) is 13.2 Å². The lowest BCUT2D eigenvalue weighted by Gasteiger charge is -2.17. The molecule has 0 spiro atoms. The first-order valence-corrected chi connectivity index (χ1v) is 7.75. The standard InChI is InChI=1S/C13H15NO3S2/c15-3-4-17-12(10-1-5-18-8-10)7-14-13(16)11-2-6-19-9-11/h1-2,5-6,8-9,12,15H,3-4,7H2,(H,14,16). The highest BCUT2D eigenvalue weighted by Crippen LogP contribution is 2.19. The maximum atomic E-state index is 11.8. The molecular weight excluding hydrogens is 282 g/mol. The van der Waals surface area contributed by atoms with Crippen molar-refractivity contribution in [1.29, 1.82) is 0 Å². The fourth-order valence-electron chi connectivity index (χ4n) is 1.61. The number of carbonyl (C=O) groups is 1. The Hall–Kier alpha value is -1.21. The van der Waals surface area contributed by atoms with Gasteiger partial charge < -0.3 is 15.2 Å². The number of amides is 1. The summed E-state index contributed by atoms with van der Waals surface area (Å²) in [6.45, 7) is 0.624. The highest BCUT2D eigenvalue weighted by atomic mass is 32.1. The third-order valence-electron chi connectivity index (χ3n) is 2.56. The smallest absolute Gasteiger partial charge is 0.252 e. The molecule has 2 heterocycles. The van der Waals surface area contributed by atoms with Crippen LogP contribution in [0.3, 0.4) is 0 Å². The van der Waals surface area contributed by atoms with Gasteiger partial charge in [-0.25, -0.2) is 0 Å². The van der Waals surface area contributed by atoms with Crippen LogP contribution in [0.5, 0.6) is 0 Å². The van der Waals surface area contributed by atoms with Crippen LogP contribution in [0.25, 0.3) is 0 Å². The zero-order valence-corrected chi connectivity index (χ0v) is 11.9. The van der Waals surface area contributed by atoms with Crippen LogP contribution in [0.2, 0.25) is 0 Å². The molecule has 0 aliphatic heterocycles. The number of nitrogens with one attached hydrogen (secondary N) is 1. The summed E-state index contributed by atoms with van der Waals surface area (Å²) in [5.74, 6) is -0.103. The highest BCUT2D eigenvalue weighted by molar-refractivity contribution is 7.08. The molecule has 2 aromatic heterocycles. The third-order valence-corrected chi connectivity index (χ3v) is 3.94. The van der Waals surface area contributed by atoms with Crippen LogP contribution >= 0.6 is 22.7 Å². The summed E-state index contributed by atoms with van der Waals surface area (Å²) < 4.78 is 5.55. The van der Waals surface area contributed by atoms with Crippen LogP contribution in [0.15, 0.2) is 33.7 Å². The van der Waals surface area contributed by atoms with Gasteiger partial charge in [0.15, 0.2) is 0 Å². The predicted octanol–water partition coefficient (Wildman–Crippen LogP) is 2.29. The van der Waals surface area contributed by atoms with Crippen LogP contribution in [-0.4, -0.2) is 30.8 Å². The van der Waals surface area contributed by atoms with Crippen molar-refractivity contribution < 1.29 is 14.6 Å². The lowest BCUT2D eigenvalue weighted by molar-refractivity contribution is 0.0279. The minimum absolute atomic E-state index is 0.0287. The van der Waals surface area contributed by atoms with E-state index in [1.54, 1.807) is 17.4 Å². The predicted molar refractivity (Wildman–Crippen MR) is 76.8 cm³/mol. The van der Waals surface area contributed by atoms with E-state index in [1.165, 1.54) is 11.3 Å². The number of ether oxygens (including phenoxy) is 1. The minimum atomic E-state index is -0.221. The van der Waals surface area contributed by atoms with Crippen molar-refractivity contribution in [1.82, 2.24) is 5.32 Å². The Balaban J connectivity index is 1.91. The molecule has 0 aliphatic rings. The lowest BCUT2D eigenvalue weighted by Crippen LogP contribution is -2.29. The molecule has 1 atom stereocenters. The summed E-state index contributed by atoms with van der Waals surface area (Å²) in [4.78, 5) is 11.8. The van der Waals surface area contributed by atoms with E-state index in [4.69, 9.17) is 9.84 Å². The summed E-state index contributed by atoms with van der Waals surface area (Å²) >= 11 is 3.07. The van der Waals surface area contributed by atoms with Gasteiger partial charge in [-0.1, -0.05) is 0 Å². The van der Waals surface area contributed by atoms with Crippen LogP contribution in [-0.2, 0) is 4.74 Å². The lowest BCUT2D eigenvalue weighted by atomic mass is 10.2. The maximum absolute atomic E-state index is 11.8. The van der Waals surface area contributed by atoms with E-state index < -0.39 is 0 Å². The van der Waals surface area contributed by atoms with Crippen molar-refractivity contribution in [3.05, 3.63) is 44.8 Å². The van der Waals surface area contributed by atoms with Crippen molar-refractivity contribution in [2.24, 2.45) is 0 Å². The Labute approximate surface area is 119 Å². The van der Waals surface area contributed by atoms with E-state index in [1.807, 2.05) is 27.6 Å². The molecule has 0 aliphatic carbocycles. The Kier molecular flexibility index (Phi) is 5.53. The first-order valence-electron chi connectivity index (χ1n) is 5.86. The molecule has 0 radical (unpaired) electrons. The number of aliphatic hydroxyl groups excluding tert-OH is 1. The monoisotopic (exact) mass is 297 g/mol. The zero-order chi connectivity index (χ0) is 13.5. The molecule has 0 bridgehead atoms. The maximum Gasteiger partial charge on any atom is 0.252 e. The Morgan fingerprint density at radius 2 is 2.11 bits per heavy atom. The molecule has 0 saturated heterocycles. The van der Waals surface area contributed by atoms with Crippen molar-refractivity contribution in [3.8, 4) is 0 Å². The summed E-state index contributed by atoms with van der Waals surface area (Å²) in [6.07, 6.45) is -0.221. The van der Waals surface area contributed by atoms with Gasteiger partial charge in [0.2, 0.25) is 0 Å². The molecule has 0 saturated carbocycles. The van der Waals surface area contributed by atoms with Crippen LogP contribution in [0, 0.1) is 0 Å². The van der Waals surface area contributed by atoms with E-state index in [-0.39, 0.29) is 25.2 Å². The van der Waals surface area contributed by atoms with Gasteiger partial charge in [-0.15, -0.1) is 0 Å². The second-order valence-corrected chi connectivity index (χ2v) is 5.42. The molecule has 2 aromatic rings. The van der Waals surface area contributed by atoms with Crippen LogP contribution in [0.1, 0.15) is 22.0 Å². The highest BCUT2D eigenvalue weighted by Gasteiger charge is 2.14. The van der Waals surface area contributed by atoms with Crippen LogP contribution in [0.4, 0.5) is 0 Å². The summed E-state index contributed by atoms with van der Waals surface area (Å²) in [6, 6.07) is 3.75. The Bertz CT molecular complexity index is 482. The minimum Gasteiger partial charge on any atom is -0.394 e. The van der Waals surface area contributed by atoms with Gasteiger partial charge in [0.1, 0.15) is 6.10 Å². The molecule has 2 N–H and O–H groups in total. The van der Waals surface area contributed by atoms with Crippen LogP contribution < -0.4 is 5.32 Å². The topological polar surface area (TPSA) is 58.6 Å². The van der Waals surface area contributed by atoms with Crippen molar-refractivity contribution >= 4 is 28.6 Å². The molecule has 102 valence electrons. The number of hydrogen-bond donors (Lipinski definition) is 2. The number of aliphatic hydroxyl groups is 1. The van der Waals surface area contributed by atoms with E-state index >= 15 is 0 Å². The van der Waals surface area contributed by atoms with Gasteiger partial charge >= 0.3 is 0 Å². The van der Waals surface area contributed by atoms with Gasteiger partial charge in [0.25, 0.3) is 5.91 Å². The molecule has 0 aromatic carbocycles. The molecule has 6 heteroatoms. The number of rotatable bonds is 7. The van der Waals surface area contributed by atoms with Gasteiger partial charge in [-0.3, -0.25) is 4.79 Å². The fourth-order valence-corrected chi connectivity index (χ4v) is 2.95. The molecule has 2 rings (SSSR count). The Morgan fingerprint density at radius 3 is 2.74 bits per heavy atom. The summed E-state index contributed by atoms with van der Waals surface area (Å²) in [7, 11) is 0. The van der Waals surface area contributed by atoms with E-state index in [2.05, 4.69) is 5.32 Å². The second-order valence-electron chi connectivity index (χ2n) is 3.86. The summed E-state index contributed by atoms with van der Waals surface area (Å²) in [5.41, 5.74) is 1.68. The molecule has 19 heavy (non-hydrogen) atoms. The van der Waals surface area contributed by atoms with E-state index in [9.17, 15) is 4.79 Å². The average molecular weight is 297 g/mol. The SMILES string of the molecule is O=C(NCC(OCCO)c1ccsc1)c1ccsc1. The Morgan fingerprint density at radius 1 is 1.32 bits per heavy atom. The van der Waals surface area contributed by atoms with Crippen molar-refractivity contribution in [2.45, 2.75) is 6.10 Å². The average Bonchev–Trinajstić information content (AvgIpc) is 3.11. The second kappa shape index (κ2) is 7.40. The molecular formula is C13H15NO3S2. The van der Waals surface area contributed by atoms with E-state index in [0.29, 0.717) is 12.1 Å². The molecule has 0 fully saturated rings. The fraction of sp³-hybridized carbons (Fsp3) is 0.308. The van der Waals surface area contributed by atoms with Crippen molar-refractivity contribution in [2.75, 3.05) is 19.8 Å². The van der Waals surface area contributed by atoms with Gasteiger partial charge in [-0.05, 0) is 33.8 Å². The normalized spacial score (nSPS) is 12.3. The number of carbonyl (C=O) groups excluding carboxylic acids is 1. The van der Waals surface area contributed by atoms with Crippen molar-refractivity contribution in [3.63, 3.8) is 0 Å². The number of thiophene rings is 2.